The Hall–Kier alpha value is -15.4. The van der Waals surface area contributed by atoms with Gasteiger partial charge in [-0.3, -0.25) is 0 Å². The third kappa shape index (κ3) is 12.0. The Bertz CT molecular complexity index is 5480. The fourth-order valence-corrected chi connectivity index (χ4v) is 12.5. The van der Waals surface area contributed by atoms with Crippen LogP contribution in [-0.2, 0) is 47.4 Å². The van der Waals surface area contributed by atoms with Gasteiger partial charge in [0.25, 0.3) is 0 Å². The van der Waals surface area contributed by atoms with Crippen molar-refractivity contribution in [3.63, 3.8) is 0 Å². The van der Waals surface area contributed by atoms with Crippen LogP contribution in [0.3, 0.4) is 0 Å². The molecule has 0 aliphatic carbocycles. The second-order valence-corrected chi connectivity index (χ2v) is 24.6. The zero-order chi connectivity index (χ0) is 81.5. The van der Waals surface area contributed by atoms with Gasteiger partial charge in [0.15, 0.2) is 116 Å². The van der Waals surface area contributed by atoms with Crippen LogP contribution in [0.4, 0.5) is 0 Å². The van der Waals surface area contributed by atoms with Crippen LogP contribution in [-0.4, -0.2) is 250 Å². The Morgan fingerprint density at radius 2 is 0.616 bits per heavy atom. The van der Waals surface area contributed by atoms with E-state index in [1.807, 2.05) is 0 Å². The van der Waals surface area contributed by atoms with E-state index in [4.69, 9.17) is 52.1 Å². The van der Waals surface area contributed by atoms with Gasteiger partial charge in [-0.15, -0.1) is 0 Å². The summed E-state index contributed by atoms with van der Waals surface area (Å²) in [7, 11) is 0. The van der Waals surface area contributed by atoms with E-state index in [-0.39, 0.29) is 18.2 Å². The summed E-state index contributed by atoms with van der Waals surface area (Å²) < 4.78 is 61.6. The zero-order valence-electron chi connectivity index (χ0n) is 54.8. The lowest BCUT2D eigenvalue weighted by molar-refractivity contribution is -0.284. The monoisotopic (exact) mass is 1570 g/mol. The number of aliphatic hydroxyl groups excluding tert-OH is 2. The lowest BCUT2D eigenvalue weighted by atomic mass is 9.91. The first-order chi connectivity index (χ1) is 52.7. The molecule has 5 aliphatic rings. The highest BCUT2D eigenvalue weighted by molar-refractivity contribution is 6.12. The fraction of sp³-hybridized carbons (Fsp3) is 0.176. The maximum atomic E-state index is 15.1. The van der Waals surface area contributed by atoms with E-state index in [9.17, 15) is 156 Å². The van der Waals surface area contributed by atoms with Crippen LogP contribution in [0.25, 0.3) is 33.4 Å². The number of phenols is 23. The second-order valence-electron chi connectivity index (χ2n) is 24.6. The second kappa shape index (κ2) is 27.1. The molecule has 5 heterocycles. The average molecular weight is 1570 g/mol. The van der Waals surface area contributed by atoms with E-state index in [1.54, 1.807) is 0 Å². The van der Waals surface area contributed by atoms with Crippen molar-refractivity contribution in [1.82, 2.24) is 0 Å². The van der Waals surface area contributed by atoms with Gasteiger partial charge in [-0.2, -0.15) is 0 Å². The number of ether oxygens (including phenoxy) is 11. The van der Waals surface area contributed by atoms with Crippen LogP contribution in [0.15, 0.2) is 54.6 Å². The number of phenolic OH excluding ortho intramolecular Hbond substituents is 23. The maximum absolute atomic E-state index is 15.1. The van der Waals surface area contributed by atoms with E-state index in [0.29, 0.717) is 36.4 Å². The van der Waals surface area contributed by atoms with Crippen molar-refractivity contribution in [1.29, 1.82) is 0 Å². The van der Waals surface area contributed by atoms with Crippen molar-refractivity contribution in [2.45, 2.75) is 61.4 Å². The molecule has 584 valence electrons. The number of benzene rings is 8. The minimum Gasteiger partial charge on any atom is -0.504 e. The molecular weight excluding hydrogens is 1520 g/mol. The van der Waals surface area contributed by atoms with Crippen LogP contribution in [0.5, 0.6) is 144 Å². The van der Waals surface area contributed by atoms with Crippen molar-refractivity contribution >= 4 is 47.8 Å². The van der Waals surface area contributed by atoms with Crippen LogP contribution < -0.4 is 4.74 Å². The third-order valence-electron chi connectivity index (χ3n) is 17.9. The molecule has 0 aromatic heterocycles. The SMILES string of the molecule is O=C(O[C@H]1O[C@@H]2COC(=O)c3cc(O)c(O)c(O)c3-c3c(O)c(O)c(O)c(Oc4cc(C(=O)O[C@@H]5O[C@@H]6COC(=O)c7cc(O)c(O)c(O)c7-c7c(cc(O)c(O)c7O)C(=O)O[C@H]6[C@@H]6OC(=O)c7cc(O)c(O)c(O)c7-c7c(cc(O)c(O)c7O)C(=O)O[C@@H]56)cc(O)c4O)c3C(=O)O[C@H]2[C@H](O)[C@H]1O)c1cc(O)c(O)c(O)c1. The first kappa shape index (κ1) is 74.8. The molecule has 0 bridgehead atoms. The summed E-state index contributed by atoms with van der Waals surface area (Å²) in [6.07, 6.45) is -26.2. The average Bonchev–Trinajstić information content (AvgIpc) is 1.06. The highest BCUT2D eigenvalue weighted by atomic mass is 16.8. The maximum Gasteiger partial charge on any atom is 0.343 e. The van der Waals surface area contributed by atoms with Gasteiger partial charge in [0.1, 0.15) is 43.2 Å². The van der Waals surface area contributed by atoms with Crippen molar-refractivity contribution in [2.75, 3.05) is 13.2 Å². The molecule has 0 saturated carbocycles. The lowest BCUT2D eigenvalue weighted by Gasteiger charge is -2.44. The van der Waals surface area contributed by atoms with Gasteiger partial charge in [-0.05, 0) is 54.6 Å². The topological polar surface area (TPSA) is 744 Å². The van der Waals surface area contributed by atoms with Gasteiger partial charge in [0.2, 0.25) is 64.7 Å². The van der Waals surface area contributed by atoms with Crippen molar-refractivity contribution in [2.24, 2.45) is 0 Å². The van der Waals surface area contributed by atoms with Gasteiger partial charge >= 0.3 is 47.8 Å². The summed E-state index contributed by atoms with van der Waals surface area (Å²) in [5.41, 5.74) is -17.7. The number of fused-ring (bicyclic) bond motifs is 13. The third-order valence-corrected chi connectivity index (χ3v) is 17.9. The number of hydrogen-bond acceptors (Lipinski definition) is 44. The van der Waals surface area contributed by atoms with E-state index >= 15 is 9.59 Å². The van der Waals surface area contributed by atoms with Crippen LogP contribution in [0, 0.1) is 0 Å². The fourth-order valence-electron chi connectivity index (χ4n) is 12.5. The number of aromatic hydroxyl groups is 23. The summed E-state index contributed by atoms with van der Waals surface area (Å²) in [5, 5.41) is 275. The standard InChI is InChI=1S/C68H48O44/c69-19-1-12(2-20(70)37(19)77)59(94)111-67-53(93)52(92)54-28(105-67)10-102-62(97)15-6-23(73)43(83)48(88)34(15)35-36(66(101)107-54)56(51(91)50(90)49(35)89)104-27-4-13(3-21(71)38(27)78)60(95)112-68-58-57(109-64(99)17-8-25(75)41(81)46(86)32(17)33-18(65(100)110-58)9-26(76)42(82)47(33)87)55-29(106-68)11-103-61(96)14-5-22(72)39(79)44(84)30(14)31-16(63(98)108-55)7-24(74)40(80)45(31)85/h1-9,28-29,52-55,57-58,67-93H,10-11H2/t28-,29-,52-,53-,54-,55-,57+,58-,67-,68+/m1/s1. The van der Waals surface area contributed by atoms with Gasteiger partial charge < -0.3 is 180 Å². The predicted octanol–water partition coefficient (Wildman–Crippen LogP) is 1.75. The van der Waals surface area contributed by atoms with E-state index in [2.05, 4.69) is 0 Å². The van der Waals surface area contributed by atoms with Gasteiger partial charge in [-0.25, -0.2) is 38.4 Å². The summed E-state index contributed by atoms with van der Waals surface area (Å²) in [5.74, 6) is -53.2. The summed E-state index contributed by atoms with van der Waals surface area (Å²) >= 11 is 0. The number of esters is 8. The Morgan fingerprint density at radius 3 is 1.04 bits per heavy atom. The van der Waals surface area contributed by atoms with Crippen molar-refractivity contribution in [3.05, 3.63) is 99.1 Å². The smallest absolute Gasteiger partial charge is 0.343 e. The molecule has 8 aromatic carbocycles. The molecule has 0 amide bonds. The van der Waals surface area contributed by atoms with Crippen LogP contribution >= 0.6 is 0 Å². The highest BCUT2D eigenvalue weighted by Crippen LogP contribution is 2.60. The normalized spacial score (nSPS) is 21.3. The molecule has 5 aliphatic heterocycles. The van der Waals surface area contributed by atoms with Crippen LogP contribution in [0.2, 0.25) is 0 Å². The Balaban J connectivity index is 0.935. The van der Waals surface area contributed by atoms with Gasteiger partial charge in [0.05, 0.1) is 44.5 Å². The van der Waals surface area contributed by atoms with Crippen molar-refractivity contribution < 1.29 is 218 Å². The molecule has 8 aromatic rings. The quantitative estimate of drug-likeness (QED) is 0.0640. The minimum absolute atomic E-state index is 0.266. The number of carbonyl (C=O) groups is 8. The minimum atomic E-state index is -2.94. The molecule has 2 fully saturated rings. The molecular formula is C68H48O44. The first-order valence-corrected chi connectivity index (χ1v) is 31.2. The number of aliphatic hydroxyl groups is 2. The highest BCUT2D eigenvalue weighted by Gasteiger charge is 2.57. The largest absolute Gasteiger partial charge is 0.504 e. The Labute approximate surface area is 614 Å². The lowest BCUT2D eigenvalue weighted by Crippen LogP contribution is -2.63. The molecule has 13 rings (SSSR count). The number of hydrogen-bond donors (Lipinski definition) is 25. The summed E-state index contributed by atoms with van der Waals surface area (Å²) in [6, 6.07) is 3.20. The molecule has 0 spiro atoms. The predicted molar refractivity (Wildman–Crippen MR) is 344 cm³/mol. The number of rotatable bonds is 6. The zero-order valence-corrected chi connectivity index (χ0v) is 54.8. The van der Waals surface area contributed by atoms with Crippen molar-refractivity contribution in [3.8, 4) is 177 Å². The van der Waals surface area contributed by atoms with Crippen LogP contribution in [0.1, 0.15) is 82.9 Å². The Morgan fingerprint density at radius 1 is 0.295 bits per heavy atom. The first-order valence-electron chi connectivity index (χ1n) is 31.2. The summed E-state index contributed by atoms with van der Waals surface area (Å²) in [6.45, 7) is -2.82. The van der Waals surface area contributed by atoms with Gasteiger partial charge in [0, 0.05) is 27.8 Å². The van der Waals surface area contributed by atoms with Gasteiger partial charge in [-0.1, -0.05) is 0 Å². The molecule has 0 unspecified atom stereocenters. The van der Waals surface area contributed by atoms with E-state index < -0.39 is 344 Å². The number of carbonyl (C=O) groups excluding carboxylic acids is 8. The molecule has 10 atom stereocenters. The Kier molecular flexibility index (Phi) is 18.1. The summed E-state index contributed by atoms with van der Waals surface area (Å²) in [4.78, 5) is 117. The molecule has 25 N–H and O–H groups in total. The molecule has 0 radical (unpaired) electrons. The molecule has 2 saturated heterocycles. The molecule has 44 heteroatoms. The molecule has 112 heavy (non-hydrogen) atoms. The number of cyclic esters (lactones) is 2. The molecule has 44 nitrogen and oxygen atoms in total. The van der Waals surface area contributed by atoms with E-state index in [1.165, 1.54) is 0 Å². The van der Waals surface area contributed by atoms with E-state index in [0.717, 1.165) is 0 Å².